The van der Waals surface area contributed by atoms with Gasteiger partial charge in [-0.15, -0.1) is 10.1 Å². The van der Waals surface area contributed by atoms with Crippen LogP contribution in [0.1, 0.15) is 12.5 Å². The number of rotatable bonds is 3. The number of aliphatic imine (C=N–C) groups is 1. The second-order valence-corrected chi connectivity index (χ2v) is 4.02. The van der Waals surface area contributed by atoms with E-state index in [-0.39, 0.29) is 5.96 Å². The number of halogens is 1. The molecule has 0 heterocycles. The van der Waals surface area contributed by atoms with Gasteiger partial charge in [0.2, 0.25) is 0 Å². The molecule has 9 nitrogen and oxygen atoms in total. The maximum Gasteiger partial charge on any atom is 0.291 e. The molecule has 0 saturated carbocycles. The Morgan fingerprint density at radius 2 is 2.05 bits per heavy atom. The van der Waals surface area contributed by atoms with Gasteiger partial charge in [0.1, 0.15) is 0 Å². The molecular formula is C11H17ClN6O3. The van der Waals surface area contributed by atoms with Gasteiger partial charge in [0.15, 0.2) is 11.9 Å². The fourth-order valence-corrected chi connectivity index (χ4v) is 1.34. The van der Waals surface area contributed by atoms with Crippen LogP contribution in [0.4, 0.5) is 0 Å². The van der Waals surface area contributed by atoms with E-state index < -0.39 is 5.09 Å². The molecule has 21 heavy (non-hydrogen) atoms. The summed E-state index contributed by atoms with van der Waals surface area (Å²) in [5.41, 5.74) is 6.32. The Morgan fingerprint density at radius 3 is 2.48 bits per heavy atom. The third kappa shape index (κ3) is 11.0. The zero-order valence-electron chi connectivity index (χ0n) is 11.3. The van der Waals surface area contributed by atoms with E-state index in [4.69, 9.17) is 38.1 Å². The van der Waals surface area contributed by atoms with Crippen molar-refractivity contribution in [1.82, 2.24) is 10.6 Å². The van der Waals surface area contributed by atoms with Crippen LogP contribution in [0.5, 0.6) is 0 Å². The summed E-state index contributed by atoms with van der Waals surface area (Å²) in [5.74, 6) is 0.357. The first-order valence-corrected chi connectivity index (χ1v) is 6.20. The molecule has 0 atom stereocenters. The Bertz CT molecular complexity index is 487. The average Bonchev–Trinajstić information content (AvgIpc) is 2.37. The summed E-state index contributed by atoms with van der Waals surface area (Å²) in [7, 11) is 0. The molecule has 1 aromatic rings. The van der Waals surface area contributed by atoms with Crippen LogP contribution in [0.15, 0.2) is 29.3 Å². The number of hydrogen-bond acceptors (Lipinski definition) is 4. The van der Waals surface area contributed by atoms with E-state index in [2.05, 4.69) is 15.6 Å². The molecule has 0 aliphatic rings. The first kappa shape index (κ1) is 18.4. The first-order valence-electron chi connectivity index (χ1n) is 5.82. The monoisotopic (exact) mass is 316 g/mol. The summed E-state index contributed by atoms with van der Waals surface area (Å²) < 4.78 is 0. The Balaban J connectivity index is 0.000000885. The lowest BCUT2D eigenvalue weighted by Gasteiger charge is -2.10. The zero-order chi connectivity index (χ0) is 16.3. The smallest absolute Gasteiger partial charge is 0.291 e. The summed E-state index contributed by atoms with van der Waals surface area (Å²) >= 11 is 5.79. The van der Waals surface area contributed by atoms with E-state index in [1.54, 1.807) is 0 Å². The van der Waals surface area contributed by atoms with E-state index in [9.17, 15) is 0 Å². The van der Waals surface area contributed by atoms with Crippen LogP contribution in [-0.2, 0) is 6.54 Å². The van der Waals surface area contributed by atoms with E-state index >= 15 is 0 Å². The molecule has 1 rings (SSSR count). The summed E-state index contributed by atoms with van der Waals surface area (Å²) in [5, 5.41) is 27.2. The molecule has 10 heteroatoms. The second-order valence-electron chi connectivity index (χ2n) is 3.58. The van der Waals surface area contributed by atoms with Gasteiger partial charge in [-0.1, -0.05) is 23.7 Å². The van der Waals surface area contributed by atoms with Crippen LogP contribution in [0.2, 0.25) is 5.02 Å². The Hall–Kier alpha value is -2.55. The highest BCUT2D eigenvalue weighted by Gasteiger charge is 1.99. The van der Waals surface area contributed by atoms with Crippen LogP contribution in [0, 0.1) is 15.5 Å². The molecule has 116 valence electrons. The molecule has 0 saturated heterocycles. The Kier molecular flexibility index (Phi) is 9.02. The SMILES string of the molecule is CCN=C(NCc1ccc(Cl)cc1)NC(=N)N.O=[N+]([O-])O. The topological polar surface area (TPSA) is 150 Å². The van der Waals surface area contributed by atoms with Gasteiger partial charge in [0.05, 0.1) is 0 Å². The Labute approximate surface area is 126 Å². The highest BCUT2D eigenvalue weighted by molar-refractivity contribution is 6.30. The lowest BCUT2D eigenvalue weighted by molar-refractivity contribution is -0.742. The summed E-state index contributed by atoms with van der Waals surface area (Å²) in [6.07, 6.45) is 0. The summed E-state index contributed by atoms with van der Waals surface area (Å²) in [6.45, 7) is 3.12. The van der Waals surface area contributed by atoms with Crippen molar-refractivity contribution in [1.29, 1.82) is 5.41 Å². The summed E-state index contributed by atoms with van der Waals surface area (Å²) in [6, 6.07) is 7.50. The maximum absolute atomic E-state index is 8.36. The molecular weight excluding hydrogens is 300 g/mol. The molecule has 6 N–H and O–H groups in total. The van der Waals surface area contributed by atoms with Gasteiger partial charge in [-0.25, -0.2) is 0 Å². The van der Waals surface area contributed by atoms with Crippen LogP contribution in [-0.4, -0.2) is 28.8 Å². The summed E-state index contributed by atoms with van der Waals surface area (Å²) in [4.78, 5) is 12.5. The number of nitrogens with one attached hydrogen (secondary N) is 3. The number of benzene rings is 1. The van der Waals surface area contributed by atoms with E-state index in [1.165, 1.54) is 0 Å². The number of nitrogens with two attached hydrogens (primary N) is 1. The largest absolute Gasteiger partial charge is 0.370 e. The van der Waals surface area contributed by atoms with Gasteiger partial charge in [-0.05, 0) is 24.6 Å². The third-order valence-electron chi connectivity index (χ3n) is 1.94. The van der Waals surface area contributed by atoms with Gasteiger partial charge < -0.3 is 16.3 Å². The molecule has 0 radical (unpaired) electrons. The molecule has 0 unspecified atom stereocenters. The molecule has 0 aromatic heterocycles. The first-order chi connectivity index (χ1) is 9.85. The number of nitrogens with zero attached hydrogens (tertiary/aromatic N) is 2. The minimum atomic E-state index is -1.50. The van der Waals surface area contributed by atoms with Crippen LogP contribution < -0.4 is 16.4 Å². The minimum absolute atomic E-state index is 0.138. The van der Waals surface area contributed by atoms with Crippen molar-refractivity contribution in [3.8, 4) is 0 Å². The quantitative estimate of drug-likeness (QED) is 0.242. The van der Waals surface area contributed by atoms with Crippen molar-refractivity contribution in [2.45, 2.75) is 13.5 Å². The van der Waals surface area contributed by atoms with Gasteiger partial charge >= 0.3 is 0 Å². The van der Waals surface area contributed by atoms with Gasteiger partial charge in [0.25, 0.3) is 5.09 Å². The number of hydrogen-bond donors (Lipinski definition) is 5. The van der Waals surface area contributed by atoms with Crippen LogP contribution in [0.25, 0.3) is 0 Å². The van der Waals surface area contributed by atoms with Crippen molar-refractivity contribution < 1.29 is 10.3 Å². The standard InChI is InChI=1S/C11H16ClN5.HNO3/c1-2-15-11(17-10(13)14)16-7-8-3-5-9(12)6-4-8;2-1(3)4/h3-6H,2,7H2,1H3,(H5,13,14,15,16,17);(H,2,3,4). The lowest BCUT2D eigenvalue weighted by Crippen LogP contribution is -2.43. The predicted octanol–water partition coefficient (Wildman–Crippen LogP) is 0.941. The second kappa shape index (κ2) is 10.3. The van der Waals surface area contributed by atoms with Gasteiger partial charge in [-0.2, -0.15) is 0 Å². The fourth-order valence-electron chi connectivity index (χ4n) is 1.21. The molecule has 0 fully saturated rings. The fraction of sp³-hybridized carbons (Fsp3) is 0.273. The molecule has 0 aliphatic heterocycles. The Morgan fingerprint density at radius 1 is 1.52 bits per heavy atom. The molecule has 0 aliphatic carbocycles. The third-order valence-corrected chi connectivity index (χ3v) is 2.19. The highest BCUT2D eigenvalue weighted by Crippen LogP contribution is 2.08. The minimum Gasteiger partial charge on any atom is -0.370 e. The molecule has 0 amide bonds. The normalized spacial score (nSPS) is 10.1. The van der Waals surface area contributed by atoms with Crippen molar-refractivity contribution in [3.63, 3.8) is 0 Å². The van der Waals surface area contributed by atoms with E-state index in [0.29, 0.717) is 24.1 Å². The van der Waals surface area contributed by atoms with Crippen molar-refractivity contribution in [3.05, 3.63) is 45.0 Å². The lowest BCUT2D eigenvalue weighted by atomic mass is 10.2. The highest BCUT2D eigenvalue weighted by atomic mass is 35.5. The molecule has 1 aromatic carbocycles. The van der Waals surface area contributed by atoms with Crippen molar-refractivity contribution >= 4 is 23.5 Å². The van der Waals surface area contributed by atoms with Crippen LogP contribution in [0.3, 0.4) is 0 Å². The van der Waals surface area contributed by atoms with Gasteiger partial charge in [0, 0.05) is 18.1 Å². The average molecular weight is 317 g/mol. The predicted molar refractivity (Wildman–Crippen MR) is 80.1 cm³/mol. The number of guanidine groups is 2. The molecule has 0 bridgehead atoms. The van der Waals surface area contributed by atoms with Crippen molar-refractivity contribution in [2.24, 2.45) is 10.7 Å². The van der Waals surface area contributed by atoms with Crippen molar-refractivity contribution in [2.75, 3.05) is 6.54 Å². The molecule has 0 spiro atoms. The van der Waals surface area contributed by atoms with E-state index in [0.717, 1.165) is 5.56 Å². The zero-order valence-corrected chi connectivity index (χ0v) is 12.1. The maximum atomic E-state index is 8.36. The van der Waals surface area contributed by atoms with Gasteiger partial charge in [-0.3, -0.25) is 15.7 Å². The van der Waals surface area contributed by atoms with E-state index in [1.807, 2.05) is 31.2 Å². The van der Waals surface area contributed by atoms with Crippen LogP contribution >= 0.6 is 11.6 Å².